The molecule has 0 amide bonds. The zero-order valence-corrected chi connectivity index (χ0v) is 27.2. The predicted molar refractivity (Wildman–Crippen MR) is 186 cm³/mol. The quantitative estimate of drug-likeness (QED) is 0.243. The smallest absolute Gasteiger partial charge is 0.269 e. The van der Waals surface area contributed by atoms with Crippen LogP contribution >= 0.6 is 0 Å². The van der Waals surface area contributed by atoms with Crippen LogP contribution in [-0.2, 0) is 10.0 Å². The third-order valence-electron chi connectivity index (χ3n) is 8.73. The normalized spacial score (nSPS) is 14.2. The number of aromatic nitrogens is 7. The van der Waals surface area contributed by atoms with E-state index in [1.165, 1.54) is 3.97 Å². The summed E-state index contributed by atoms with van der Waals surface area (Å²) in [6.07, 6.45) is 12.2. The molecular formula is C35H32N10O2S. The summed E-state index contributed by atoms with van der Waals surface area (Å²) in [4.78, 5) is 23.0. The van der Waals surface area contributed by atoms with E-state index in [2.05, 4.69) is 42.2 Å². The lowest BCUT2D eigenvalue weighted by Gasteiger charge is -2.33. The van der Waals surface area contributed by atoms with E-state index < -0.39 is 10.0 Å². The van der Waals surface area contributed by atoms with E-state index in [0.29, 0.717) is 10.9 Å². The number of benzene rings is 1. The molecule has 0 spiro atoms. The van der Waals surface area contributed by atoms with Gasteiger partial charge in [-0.3, -0.25) is 4.98 Å². The monoisotopic (exact) mass is 656 g/mol. The number of piperazine rings is 1. The van der Waals surface area contributed by atoms with Gasteiger partial charge < -0.3 is 15.1 Å². The number of hydrogen-bond donors (Lipinski definition) is 1. The highest BCUT2D eigenvalue weighted by molar-refractivity contribution is 7.90. The highest BCUT2D eigenvalue weighted by atomic mass is 32.2. The summed E-state index contributed by atoms with van der Waals surface area (Å²) >= 11 is 0. The molecule has 6 aromatic heterocycles. The Bertz CT molecular complexity index is 2380. The minimum atomic E-state index is -4.02. The van der Waals surface area contributed by atoms with Crippen molar-refractivity contribution in [1.29, 1.82) is 0 Å². The number of fused-ring (bicyclic) bond motifs is 2. The van der Waals surface area contributed by atoms with Crippen molar-refractivity contribution in [2.24, 2.45) is 0 Å². The van der Waals surface area contributed by atoms with E-state index in [1.54, 1.807) is 66.0 Å². The maximum atomic E-state index is 14.2. The van der Waals surface area contributed by atoms with E-state index in [0.717, 1.165) is 65.5 Å². The molecule has 0 bridgehead atoms. The fourth-order valence-corrected chi connectivity index (χ4v) is 7.32. The van der Waals surface area contributed by atoms with Gasteiger partial charge in [-0.1, -0.05) is 23.8 Å². The first-order valence-electron chi connectivity index (χ1n) is 15.6. The van der Waals surface area contributed by atoms with Gasteiger partial charge in [0.25, 0.3) is 10.0 Å². The van der Waals surface area contributed by atoms with Gasteiger partial charge in [-0.25, -0.2) is 26.9 Å². The molecule has 0 atom stereocenters. The molecule has 1 aromatic carbocycles. The Morgan fingerprint density at radius 1 is 0.833 bits per heavy atom. The van der Waals surface area contributed by atoms with Gasteiger partial charge in [0.2, 0.25) is 5.95 Å². The van der Waals surface area contributed by atoms with Gasteiger partial charge in [-0.2, -0.15) is 10.1 Å². The summed E-state index contributed by atoms with van der Waals surface area (Å²) < 4.78 is 31.4. The second-order valence-corrected chi connectivity index (χ2v) is 13.8. The number of hydrogen-bond acceptors (Lipinski definition) is 10. The Labute approximate surface area is 277 Å². The molecular weight excluding hydrogens is 625 g/mol. The van der Waals surface area contributed by atoms with Crippen molar-refractivity contribution >= 4 is 44.0 Å². The molecule has 0 unspecified atom stereocenters. The molecule has 1 N–H and O–H groups in total. The van der Waals surface area contributed by atoms with Crippen molar-refractivity contribution < 1.29 is 8.42 Å². The van der Waals surface area contributed by atoms with Crippen LogP contribution in [0.15, 0.2) is 109 Å². The Hall–Kier alpha value is -5.66. The third kappa shape index (κ3) is 5.42. The van der Waals surface area contributed by atoms with E-state index >= 15 is 0 Å². The molecule has 48 heavy (non-hydrogen) atoms. The maximum absolute atomic E-state index is 14.2. The number of nitrogens with one attached hydrogen (secondary N) is 1. The number of aryl methyl sites for hydroxylation is 1. The van der Waals surface area contributed by atoms with Gasteiger partial charge >= 0.3 is 0 Å². The molecule has 8 rings (SSSR count). The number of anilines is 3. The van der Waals surface area contributed by atoms with Gasteiger partial charge in [0, 0.05) is 97.2 Å². The van der Waals surface area contributed by atoms with Crippen molar-refractivity contribution in [1.82, 2.24) is 38.4 Å². The van der Waals surface area contributed by atoms with Crippen LogP contribution in [-0.4, -0.2) is 80.1 Å². The molecule has 0 aliphatic carbocycles. The number of rotatable bonds is 7. The average Bonchev–Trinajstić information content (AvgIpc) is 3.71. The molecule has 7 heterocycles. The summed E-state index contributed by atoms with van der Waals surface area (Å²) in [7, 11) is -1.90. The van der Waals surface area contributed by atoms with Crippen LogP contribution in [0.3, 0.4) is 0 Å². The van der Waals surface area contributed by atoms with Gasteiger partial charge in [-0.15, -0.1) is 0 Å². The minimum Gasteiger partial charge on any atom is -0.354 e. The van der Waals surface area contributed by atoms with Crippen molar-refractivity contribution in [3.63, 3.8) is 0 Å². The average molecular weight is 657 g/mol. The molecule has 0 radical (unpaired) electrons. The Morgan fingerprint density at radius 2 is 1.67 bits per heavy atom. The zero-order chi connectivity index (χ0) is 32.8. The van der Waals surface area contributed by atoms with Gasteiger partial charge in [0.1, 0.15) is 5.82 Å². The predicted octanol–water partition coefficient (Wildman–Crippen LogP) is 5.24. The van der Waals surface area contributed by atoms with Gasteiger partial charge in [0.15, 0.2) is 5.65 Å². The second-order valence-electron chi connectivity index (χ2n) is 12.0. The zero-order valence-electron chi connectivity index (χ0n) is 26.4. The molecule has 13 heteroatoms. The van der Waals surface area contributed by atoms with Crippen LogP contribution in [0.25, 0.3) is 38.8 Å². The third-order valence-corrected chi connectivity index (χ3v) is 10.4. The molecule has 1 aliphatic rings. The molecule has 0 saturated carbocycles. The first-order chi connectivity index (χ1) is 23.3. The van der Waals surface area contributed by atoms with Gasteiger partial charge in [0.05, 0.1) is 16.6 Å². The summed E-state index contributed by atoms with van der Waals surface area (Å²) in [6, 6.07) is 18.4. The topological polar surface area (TPSA) is 126 Å². The largest absolute Gasteiger partial charge is 0.354 e. The van der Waals surface area contributed by atoms with Crippen LogP contribution < -0.4 is 10.2 Å². The fraction of sp³-hybridized carbons (Fsp3) is 0.171. The van der Waals surface area contributed by atoms with Crippen LogP contribution in [0.2, 0.25) is 0 Å². The molecule has 1 saturated heterocycles. The summed E-state index contributed by atoms with van der Waals surface area (Å²) in [5.41, 5.74) is 6.16. The summed E-state index contributed by atoms with van der Waals surface area (Å²) in [6.45, 7) is 5.62. The SMILES string of the molecule is Cc1ccc(S(=O)(=O)n2cc(-c3ccn4ncc(-c5cccnc5)c4c3)c3cnc(Nc4ccnc(N5CCN(C)CC5)c4)nc32)cc1. The van der Waals surface area contributed by atoms with Crippen LogP contribution in [0.1, 0.15) is 5.56 Å². The van der Waals surface area contributed by atoms with Crippen LogP contribution in [0.5, 0.6) is 0 Å². The maximum Gasteiger partial charge on any atom is 0.269 e. The molecule has 12 nitrogen and oxygen atoms in total. The molecule has 240 valence electrons. The number of pyridine rings is 3. The minimum absolute atomic E-state index is 0.167. The van der Waals surface area contributed by atoms with Crippen molar-refractivity contribution in [2.45, 2.75) is 11.8 Å². The van der Waals surface area contributed by atoms with E-state index in [9.17, 15) is 8.42 Å². The van der Waals surface area contributed by atoms with Crippen molar-refractivity contribution in [3.8, 4) is 22.3 Å². The molecule has 7 aromatic rings. The molecule has 1 fully saturated rings. The van der Waals surface area contributed by atoms with Gasteiger partial charge in [-0.05, 0) is 55.9 Å². The first-order valence-corrected chi connectivity index (χ1v) is 17.0. The molecule has 1 aliphatic heterocycles. The highest BCUT2D eigenvalue weighted by Gasteiger charge is 2.24. The van der Waals surface area contributed by atoms with E-state index in [4.69, 9.17) is 4.98 Å². The Morgan fingerprint density at radius 3 is 2.46 bits per heavy atom. The standard InChI is InChI=1S/C35H32N10O2S/c1-24-5-7-28(8-6-24)48(46,47)45-23-31(25-10-13-44-32(18-25)29(22-39-44)26-4-3-11-36-20-26)30-21-38-35(41-34(30)45)40-27-9-12-37-33(19-27)43-16-14-42(2)15-17-43/h3-13,18-23H,14-17H2,1-2H3,(H,37,38,40,41). The Balaban J connectivity index is 1.23. The summed E-state index contributed by atoms with van der Waals surface area (Å²) in [5.74, 6) is 1.14. The first kappa shape index (κ1) is 29.7. The number of nitrogens with zero attached hydrogens (tertiary/aromatic N) is 9. The second kappa shape index (κ2) is 11.9. The van der Waals surface area contributed by atoms with Crippen LogP contribution in [0, 0.1) is 6.92 Å². The fourth-order valence-electron chi connectivity index (χ4n) is 6.00. The van der Waals surface area contributed by atoms with Crippen molar-refractivity contribution in [2.75, 3.05) is 43.4 Å². The highest BCUT2D eigenvalue weighted by Crippen LogP contribution is 2.35. The lowest BCUT2D eigenvalue weighted by molar-refractivity contribution is 0.312. The van der Waals surface area contributed by atoms with Crippen molar-refractivity contribution in [3.05, 3.63) is 110 Å². The summed E-state index contributed by atoms with van der Waals surface area (Å²) in [5, 5.41) is 8.39. The lowest BCUT2D eigenvalue weighted by Crippen LogP contribution is -2.44. The lowest BCUT2D eigenvalue weighted by atomic mass is 10.0. The number of likely N-dealkylation sites (N-methyl/N-ethyl adjacent to an activating group) is 1. The van der Waals surface area contributed by atoms with Crippen LogP contribution in [0.4, 0.5) is 17.5 Å². The van der Waals surface area contributed by atoms with E-state index in [-0.39, 0.29) is 16.5 Å². The Kier molecular flexibility index (Phi) is 7.34. The van der Waals surface area contributed by atoms with E-state index in [1.807, 2.05) is 49.5 Å².